The first-order valence-electron chi connectivity index (χ1n) is 6.20. The van der Waals surface area contributed by atoms with Crippen LogP contribution in [0.4, 0.5) is 0 Å². The van der Waals surface area contributed by atoms with Gasteiger partial charge in [0.15, 0.2) is 0 Å². The highest BCUT2D eigenvalue weighted by atomic mass is 16.2. The van der Waals surface area contributed by atoms with Crippen molar-refractivity contribution in [3.63, 3.8) is 0 Å². The fourth-order valence-corrected chi connectivity index (χ4v) is 2.28. The van der Waals surface area contributed by atoms with Crippen LogP contribution in [0.1, 0.15) is 39.0 Å². The number of rotatable bonds is 3. The summed E-state index contributed by atoms with van der Waals surface area (Å²) in [5, 5.41) is 0. The largest absolute Gasteiger partial charge is 0.343 e. The Labute approximate surface area is 92.0 Å². The van der Waals surface area contributed by atoms with Crippen LogP contribution in [0.3, 0.4) is 0 Å². The van der Waals surface area contributed by atoms with Gasteiger partial charge in [0, 0.05) is 25.6 Å². The summed E-state index contributed by atoms with van der Waals surface area (Å²) in [6, 6.07) is 0.122. The van der Waals surface area contributed by atoms with Crippen molar-refractivity contribution in [2.24, 2.45) is 17.6 Å². The van der Waals surface area contributed by atoms with Crippen LogP contribution in [0, 0.1) is 11.8 Å². The summed E-state index contributed by atoms with van der Waals surface area (Å²) >= 11 is 0. The lowest BCUT2D eigenvalue weighted by molar-refractivity contribution is -0.133. The summed E-state index contributed by atoms with van der Waals surface area (Å²) in [4.78, 5) is 13.9. The zero-order valence-electron chi connectivity index (χ0n) is 9.61. The lowest BCUT2D eigenvalue weighted by Crippen LogP contribution is -2.41. The minimum atomic E-state index is 0.122. The van der Waals surface area contributed by atoms with E-state index in [1.165, 1.54) is 12.8 Å². The van der Waals surface area contributed by atoms with Crippen LogP contribution in [0.2, 0.25) is 0 Å². The van der Waals surface area contributed by atoms with Crippen LogP contribution in [-0.4, -0.2) is 29.9 Å². The van der Waals surface area contributed by atoms with Crippen molar-refractivity contribution >= 4 is 5.91 Å². The topological polar surface area (TPSA) is 46.3 Å². The van der Waals surface area contributed by atoms with E-state index in [2.05, 4.69) is 6.92 Å². The summed E-state index contributed by atoms with van der Waals surface area (Å²) in [7, 11) is 0. The Hall–Kier alpha value is -0.570. The predicted molar refractivity (Wildman–Crippen MR) is 60.3 cm³/mol. The molecule has 0 bridgehead atoms. The van der Waals surface area contributed by atoms with Crippen molar-refractivity contribution < 1.29 is 4.79 Å². The number of nitrogens with two attached hydrogens (primary N) is 1. The molecule has 1 saturated carbocycles. The van der Waals surface area contributed by atoms with Crippen LogP contribution in [0.5, 0.6) is 0 Å². The third kappa shape index (κ3) is 2.94. The molecule has 0 aromatic carbocycles. The third-order valence-electron chi connectivity index (χ3n) is 3.77. The molecule has 3 heteroatoms. The summed E-state index contributed by atoms with van der Waals surface area (Å²) in [5.74, 6) is 1.70. The second kappa shape index (κ2) is 4.52. The average Bonchev–Trinajstić information content (AvgIpc) is 3.01. The van der Waals surface area contributed by atoms with E-state index in [1.807, 2.05) is 4.90 Å². The molecular weight excluding hydrogens is 188 g/mol. The third-order valence-corrected chi connectivity index (χ3v) is 3.77. The molecule has 0 aromatic rings. The number of likely N-dealkylation sites (tertiary alicyclic amines) is 1. The number of hydrogen-bond donors (Lipinski definition) is 1. The molecule has 1 heterocycles. The highest BCUT2D eigenvalue weighted by Crippen LogP contribution is 2.33. The molecule has 2 rings (SSSR count). The molecule has 0 radical (unpaired) electrons. The van der Waals surface area contributed by atoms with Crippen LogP contribution in [-0.2, 0) is 4.79 Å². The maximum Gasteiger partial charge on any atom is 0.224 e. The molecule has 86 valence electrons. The number of nitrogens with zero attached hydrogens (tertiary/aromatic N) is 1. The van der Waals surface area contributed by atoms with Gasteiger partial charge in [-0.1, -0.05) is 6.92 Å². The standard InChI is InChI=1S/C12H22N2O/c1-9-4-6-14(7-5-9)12(15)8-11(13)10-2-3-10/h9-11H,2-8,13H2,1H3. The van der Waals surface area contributed by atoms with Gasteiger partial charge in [-0.3, -0.25) is 4.79 Å². The smallest absolute Gasteiger partial charge is 0.224 e. The van der Waals surface area contributed by atoms with Gasteiger partial charge in [-0.2, -0.15) is 0 Å². The van der Waals surface area contributed by atoms with Crippen LogP contribution in [0.25, 0.3) is 0 Å². The molecule has 1 aliphatic heterocycles. The Balaban J connectivity index is 1.75. The highest BCUT2D eigenvalue weighted by Gasteiger charge is 2.31. The number of hydrogen-bond acceptors (Lipinski definition) is 2. The number of piperidine rings is 1. The Morgan fingerprint density at radius 3 is 2.47 bits per heavy atom. The lowest BCUT2D eigenvalue weighted by Gasteiger charge is -2.31. The quantitative estimate of drug-likeness (QED) is 0.764. The van der Waals surface area contributed by atoms with Crippen LogP contribution >= 0.6 is 0 Å². The van der Waals surface area contributed by atoms with E-state index >= 15 is 0 Å². The first-order chi connectivity index (χ1) is 7.16. The van der Waals surface area contributed by atoms with E-state index in [1.54, 1.807) is 0 Å². The lowest BCUT2D eigenvalue weighted by atomic mass is 9.98. The van der Waals surface area contributed by atoms with Crippen molar-refractivity contribution in [2.75, 3.05) is 13.1 Å². The van der Waals surface area contributed by atoms with Gasteiger partial charge in [0.2, 0.25) is 5.91 Å². The SMILES string of the molecule is CC1CCN(C(=O)CC(N)C2CC2)CC1. The van der Waals surface area contributed by atoms with E-state index in [4.69, 9.17) is 5.73 Å². The Bertz CT molecular complexity index is 230. The number of amides is 1. The van der Waals surface area contributed by atoms with Gasteiger partial charge in [0.25, 0.3) is 0 Å². The van der Waals surface area contributed by atoms with E-state index in [9.17, 15) is 4.79 Å². The van der Waals surface area contributed by atoms with Crippen LogP contribution in [0.15, 0.2) is 0 Å². The molecule has 1 amide bonds. The zero-order chi connectivity index (χ0) is 10.8. The first kappa shape index (κ1) is 10.9. The van der Waals surface area contributed by atoms with Crippen molar-refractivity contribution in [2.45, 2.75) is 45.1 Å². The Kier molecular flexibility index (Phi) is 3.29. The molecule has 1 atom stereocenters. The molecule has 15 heavy (non-hydrogen) atoms. The predicted octanol–water partition coefficient (Wildman–Crippen LogP) is 1.37. The maximum atomic E-state index is 11.9. The van der Waals surface area contributed by atoms with Crippen molar-refractivity contribution in [3.8, 4) is 0 Å². The second-order valence-corrected chi connectivity index (χ2v) is 5.27. The minimum absolute atomic E-state index is 0.122. The molecular formula is C12H22N2O. The van der Waals surface area contributed by atoms with Gasteiger partial charge in [-0.15, -0.1) is 0 Å². The van der Waals surface area contributed by atoms with E-state index in [0.29, 0.717) is 12.3 Å². The second-order valence-electron chi connectivity index (χ2n) is 5.27. The Morgan fingerprint density at radius 2 is 1.93 bits per heavy atom. The van der Waals surface area contributed by atoms with Gasteiger partial charge in [-0.05, 0) is 37.5 Å². The molecule has 0 spiro atoms. The molecule has 2 aliphatic rings. The Morgan fingerprint density at radius 1 is 1.33 bits per heavy atom. The van der Waals surface area contributed by atoms with Gasteiger partial charge < -0.3 is 10.6 Å². The van der Waals surface area contributed by atoms with Gasteiger partial charge >= 0.3 is 0 Å². The fraction of sp³-hybridized carbons (Fsp3) is 0.917. The summed E-state index contributed by atoms with van der Waals surface area (Å²) in [5.41, 5.74) is 5.97. The summed E-state index contributed by atoms with van der Waals surface area (Å²) in [6.45, 7) is 4.15. The highest BCUT2D eigenvalue weighted by molar-refractivity contribution is 5.77. The number of carbonyl (C=O) groups excluding carboxylic acids is 1. The summed E-state index contributed by atoms with van der Waals surface area (Å²) < 4.78 is 0. The molecule has 3 nitrogen and oxygen atoms in total. The van der Waals surface area contributed by atoms with Crippen LogP contribution < -0.4 is 5.73 Å². The van der Waals surface area contributed by atoms with Gasteiger partial charge in [0.1, 0.15) is 0 Å². The van der Waals surface area contributed by atoms with Crippen molar-refractivity contribution in [1.29, 1.82) is 0 Å². The molecule has 1 saturated heterocycles. The molecule has 0 aromatic heterocycles. The zero-order valence-corrected chi connectivity index (χ0v) is 9.61. The van der Waals surface area contributed by atoms with Crippen molar-refractivity contribution in [1.82, 2.24) is 4.90 Å². The summed E-state index contributed by atoms with van der Waals surface area (Å²) in [6.07, 6.45) is 5.34. The monoisotopic (exact) mass is 210 g/mol. The van der Waals surface area contributed by atoms with E-state index in [-0.39, 0.29) is 11.9 Å². The van der Waals surface area contributed by atoms with E-state index in [0.717, 1.165) is 31.8 Å². The first-order valence-corrected chi connectivity index (χ1v) is 6.20. The van der Waals surface area contributed by atoms with Gasteiger partial charge in [-0.25, -0.2) is 0 Å². The van der Waals surface area contributed by atoms with Gasteiger partial charge in [0.05, 0.1) is 0 Å². The molecule has 2 fully saturated rings. The number of carbonyl (C=O) groups is 1. The van der Waals surface area contributed by atoms with Crippen molar-refractivity contribution in [3.05, 3.63) is 0 Å². The molecule has 2 N–H and O–H groups in total. The fourth-order valence-electron chi connectivity index (χ4n) is 2.28. The maximum absolute atomic E-state index is 11.9. The minimum Gasteiger partial charge on any atom is -0.343 e. The average molecular weight is 210 g/mol. The molecule has 1 aliphatic carbocycles. The normalized spacial score (nSPS) is 25.3. The molecule has 1 unspecified atom stereocenters. The van der Waals surface area contributed by atoms with E-state index < -0.39 is 0 Å².